The van der Waals surface area contributed by atoms with E-state index in [1.165, 1.54) is 0 Å². The minimum atomic E-state index is -0.823. The molecule has 1 aliphatic heterocycles. The second-order valence-corrected chi connectivity index (χ2v) is 6.09. The van der Waals surface area contributed by atoms with Gasteiger partial charge in [-0.15, -0.1) is 0 Å². The molecule has 1 atom stereocenters. The van der Waals surface area contributed by atoms with Crippen LogP contribution in [0.25, 0.3) is 0 Å². The average molecular weight is 334 g/mol. The quantitative estimate of drug-likeness (QED) is 0.830. The number of nitrogens with zero attached hydrogens (tertiary/aromatic N) is 2. The van der Waals surface area contributed by atoms with Gasteiger partial charge in [0.1, 0.15) is 6.61 Å². The number of ether oxygens (including phenoxy) is 1. The molecule has 6 heteroatoms. The van der Waals surface area contributed by atoms with Crippen molar-refractivity contribution in [3.63, 3.8) is 0 Å². The fourth-order valence-corrected chi connectivity index (χ4v) is 3.05. The molecule has 24 heavy (non-hydrogen) atoms. The Bertz CT molecular complexity index is 535. The van der Waals surface area contributed by atoms with Crippen molar-refractivity contribution in [1.82, 2.24) is 9.80 Å². The van der Waals surface area contributed by atoms with Gasteiger partial charge in [-0.2, -0.15) is 0 Å². The zero-order valence-electron chi connectivity index (χ0n) is 14.2. The van der Waals surface area contributed by atoms with Crippen molar-refractivity contribution in [1.29, 1.82) is 0 Å². The summed E-state index contributed by atoms with van der Waals surface area (Å²) in [7, 11) is 0. The predicted octanol–water partition coefficient (Wildman–Crippen LogP) is 2.58. The molecule has 1 aliphatic rings. The highest BCUT2D eigenvalue weighted by Crippen LogP contribution is 2.18. The number of amides is 1. The van der Waals surface area contributed by atoms with Crippen LogP contribution in [0.15, 0.2) is 30.3 Å². The third kappa shape index (κ3) is 5.53. The molecular formula is C18H26N2O4. The molecule has 1 aromatic rings. The van der Waals surface area contributed by atoms with Crippen molar-refractivity contribution in [2.45, 2.75) is 38.8 Å². The van der Waals surface area contributed by atoms with Crippen molar-refractivity contribution in [3.8, 4) is 0 Å². The van der Waals surface area contributed by atoms with Crippen molar-refractivity contribution < 1.29 is 19.4 Å². The molecular weight excluding hydrogens is 308 g/mol. The number of likely N-dealkylation sites (N-methyl/N-ethyl adjacent to an activating group) is 1. The number of carboxylic acid groups (broad SMARTS) is 1. The van der Waals surface area contributed by atoms with Crippen LogP contribution < -0.4 is 0 Å². The van der Waals surface area contributed by atoms with E-state index < -0.39 is 5.97 Å². The monoisotopic (exact) mass is 334 g/mol. The number of likely N-dealkylation sites (tertiary alicyclic amines) is 1. The fraction of sp³-hybridized carbons (Fsp3) is 0.556. The predicted molar refractivity (Wildman–Crippen MR) is 90.7 cm³/mol. The number of carbonyl (C=O) groups excluding carboxylic acids is 1. The first-order chi connectivity index (χ1) is 11.6. The summed E-state index contributed by atoms with van der Waals surface area (Å²) in [5.41, 5.74) is 0.951. The van der Waals surface area contributed by atoms with Crippen LogP contribution in [-0.4, -0.2) is 59.2 Å². The molecule has 1 fully saturated rings. The summed E-state index contributed by atoms with van der Waals surface area (Å²) in [6, 6.07) is 9.65. The van der Waals surface area contributed by atoms with Gasteiger partial charge in [-0.3, -0.25) is 9.69 Å². The number of hydrogen-bond donors (Lipinski definition) is 1. The van der Waals surface area contributed by atoms with Crippen LogP contribution in [0.1, 0.15) is 31.7 Å². The van der Waals surface area contributed by atoms with E-state index in [4.69, 9.17) is 9.84 Å². The molecule has 1 N–H and O–H groups in total. The van der Waals surface area contributed by atoms with Gasteiger partial charge in [-0.1, -0.05) is 36.8 Å². The molecule has 2 rings (SSSR count). The lowest BCUT2D eigenvalue weighted by molar-refractivity contribution is -0.139. The van der Waals surface area contributed by atoms with Crippen LogP contribution in [0.3, 0.4) is 0 Å². The lowest BCUT2D eigenvalue weighted by atomic mass is 10.0. The highest BCUT2D eigenvalue weighted by atomic mass is 16.6. The van der Waals surface area contributed by atoms with E-state index in [2.05, 4.69) is 0 Å². The molecule has 0 bridgehead atoms. The molecule has 1 heterocycles. The van der Waals surface area contributed by atoms with E-state index in [0.29, 0.717) is 13.1 Å². The SMILES string of the molecule is CCN(C[C@@H]1CCCCN1CC(=O)O)C(=O)OCc1ccccc1. The van der Waals surface area contributed by atoms with Crippen LogP contribution in [0, 0.1) is 0 Å². The number of rotatable bonds is 7. The average Bonchev–Trinajstić information content (AvgIpc) is 2.59. The van der Waals surface area contributed by atoms with Crippen molar-refractivity contribution in [2.24, 2.45) is 0 Å². The van der Waals surface area contributed by atoms with Crippen molar-refractivity contribution in [2.75, 3.05) is 26.2 Å². The third-order valence-corrected chi connectivity index (χ3v) is 4.36. The van der Waals surface area contributed by atoms with E-state index in [0.717, 1.165) is 31.4 Å². The lowest BCUT2D eigenvalue weighted by Gasteiger charge is -2.37. The van der Waals surface area contributed by atoms with Gasteiger partial charge in [0.05, 0.1) is 6.54 Å². The largest absolute Gasteiger partial charge is 0.480 e. The summed E-state index contributed by atoms with van der Waals surface area (Å²) in [4.78, 5) is 27.0. The van der Waals surface area contributed by atoms with E-state index in [1.807, 2.05) is 42.2 Å². The number of hydrogen-bond acceptors (Lipinski definition) is 4. The first-order valence-electron chi connectivity index (χ1n) is 8.51. The van der Waals surface area contributed by atoms with Gasteiger partial charge in [0.25, 0.3) is 0 Å². The van der Waals surface area contributed by atoms with Gasteiger partial charge < -0.3 is 14.7 Å². The zero-order chi connectivity index (χ0) is 17.4. The van der Waals surface area contributed by atoms with Gasteiger partial charge in [0, 0.05) is 19.1 Å². The minimum absolute atomic E-state index is 0.0291. The van der Waals surface area contributed by atoms with Gasteiger partial charge >= 0.3 is 12.1 Å². The van der Waals surface area contributed by atoms with Crippen LogP contribution in [0.2, 0.25) is 0 Å². The maximum Gasteiger partial charge on any atom is 0.410 e. The van der Waals surface area contributed by atoms with Gasteiger partial charge in [0.15, 0.2) is 0 Å². The number of carboxylic acids is 1. The Balaban J connectivity index is 1.89. The highest BCUT2D eigenvalue weighted by molar-refractivity contribution is 5.69. The first-order valence-corrected chi connectivity index (χ1v) is 8.51. The molecule has 0 aromatic heterocycles. The summed E-state index contributed by atoms with van der Waals surface area (Å²) in [5.74, 6) is -0.823. The van der Waals surface area contributed by atoms with Crippen molar-refractivity contribution >= 4 is 12.1 Å². The second kappa shape index (κ2) is 9.27. The Morgan fingerprint density at radius 3 is 2.71 bits per heavy atom. The highest BCUT2D eigenvalue weighted by Gasteiger charge is 2.27. The Hall–Kier alpha value is -2.08. The van der Waals surface area contributed by atoms with Crippen LogP contribution in [-0.2, 0) is 16.1 Å². The number of benzene rings is 1. The normalized spacial score (nSPS) is 18.1. The summed E-state index contributed by atoms with van der Waals surface area (Å²) in [6.45, 7) is 4.02. The molecule has 0 radical (unpaired) electrons. The molecule has 6 nitrogen and oxygen atoms in total. The molecule has 1 amide bonds. The van der Waals surface area contributed by atoms with Crippen LogP contribution in [0.4, 0.5) is 4.79 Å². The Morgan fingerprint density at radius 2 is 2.04 bits per heavy atom. The number of piperidine rings is 1. The van der Waals surface area contributed by atoms with Gasteiger partial charge in [-0.05, 0) is 31.9 Å². The topological polar surface area (TPSA) is 70.1 Å². The molecule has 1 aromatic carbocycles. The molecule has 1 saturated heterocycles. The second-order valence-electron chi connectivity index (χ2n) is 6.09. The molecule has 0 aliphatic carbocycles. The molecule has 0 unspecified atom stereocenters. The maximum absolute atomic E-state index is 12.3. The summed E-state index contributed by atoms with van der Waals surface area (Å²) >= 11 is 0. The first kappa shape index (κ1) is 18.3. The van der Waals surface area contributed by atoms with Crippen molar-refractivity contribution in [3.05, 3.63) is 35.9 Å². The van der Waals surface area contributed by atoms with Crippen LogP contribution in [0.5, 0.6) is 0 Å². The molecule has 0 spiro atoms. The lowest BCUT2D eigenvalue weighted by Crippen LogP contribution is -2.49. The van der Waals surface area contributed by atoms with E-state index >= 15 is 0 Å². The Kier molecular flexibility index (Phi) is 7.06. The number of aliphatic carboxylic acids is 1. The van der Waals surface area contributed by atoms with E-state index in [1.54, 1.807) is 4.90 Å². The van der Waals surface area contributed by atoms with Gasteiger partial charge in [0.2, 0.25) is 0 Å². The minimum Gasteiger partial charge on any atom is -0.480 e. The molecule has 132 valence electrons. The van der Waals surface area contributed by atoms with Crippen LogP contribution >= 0.6 is 0 Å². The van der Waals surface area contributed by atoms with E-state index in [9.17, 15) is 9.59 Å². The fourth-order valence-electron chi connectivity index (χ4n) is 3.05. The van der Waals surface area contributed by atoms with E-state index in [-0.39, 0.29) is 25.3 Å². The van der Waals surface area contributed by atoms with Gasteiger partial charge in [-0.25, -0.2) is 4.79 Å². The standard InChI is InChI=1S/C18H26N2O4/c1-2-19(18(23)24-14-15-8-4-3-5-9-15)12-16-10-6-7-11-20(16)13-17(21)22/h3-5,8-9,16H,2,6-7,10-14H2,1H3,(H,21,22)/t16-/m0/s1. The zero-order valence-corrected chi connectivity index (χ0v) is 14.2. The smallest absolute Gasteiger partial charge is 0.410 e. The maximum atomic E-state index is 12.3. The Morgan fingerprint density at radius 1 is 1.29 bits per heavy atom. The summed E-state index contributed by atoms with van der Waals surface area (Å²) < 4.78 is 5.39. The molecule has 0 saturated carbocycles. The summed E-state index contributed by atoms with van der Waals surface area (Å²) in [5, 5.41) is 9.05. The number of carbonyl (C=O) groups is 2. The third-order valence-electron chi connectivity index (χ3n) is 4.36. The Labute approximate surface area is 143 Å². The summed E-state index contributed by atoms with van der Waals surface area (Å²) in [6.07, 6.45) is 2.64.